The molecule has 106 valence electrons. The number of aromatic nitrogens is 3. The zero-order chi connectivity index (χ0) is 14.2. The highest BCUT2D eigenvalue weighted by molar-refractivity contribution is 5.83. The number of imidazole rings is 1. The van der Waals surface area contributed by atoms with Gasteiger partial charge in [-0.2, -0.15) is 0 Å². The molecule has 1 aromatic carbocycles. The van der Waals surface area contributed by atoms with E-state index in [1.165, 1.54) is 24.2 Å². The van der Waals surface area contributed by atoms with Gasteiger partial charge in [-0.3, -0.25) is 4.57 Å². The first kappa shape index (κ1) is 12.5. The minimum absolute atomic E-state index is 0.521. The third kappa shape index (κ3) is 2.03. The Labute approximate surface area is 123 Å². The molecule has 0 saturated heterocycles. The maximum absolute atomic E-state index is 5.92. The van der Waals surface area contributed by atoms with Crippen molar-refractivity contribution in [2.24, 2.45) is 5.73 Å². The van der Waals surface area contributed by atoms with E-state index in [-0.39, 0.29) is 0 Å². The van der Waals surface area contributed by atoms with Gasteiger partial charge in [0.15, 0.2) is 0 Å². The summed E-state index contributed by atoms with van der Waals surface area (Å²) in [6.07, 6.45) is 6.55. The SMILES string of the molecule is NCc1cc(-n2cnc3c2CCCC3)nc2ccccc12. The predicted molar refractivity (Wildman–Crippen MR) is 83.4 cm³/mol. The van der Waals surface area contributed by atoms with E-state index in [0.717, 1.165) is 35.1 Å². The molecule has 4 nitrogen and oxygen atoms in total. The number of rotatable bonds is 2. The molecule has 0 aliphatic heterocycles. The average Bonchev–Trinajstić information content (AvgIpc) is 2.98. The van der Waals surface area contributed by atoms with Crippen LogP contribution in [0.2, 0.25) is 0 Å². The first-order valence-corrected chi connectivity index (χ1v) is 7.51. The molecule has 4 rings (SSSR count). The number of hydrogen-bond donors (Lipinski definition) is 1. The number of nitrogens with zero attached hydrogens (tertiary/aromatic N) is 3. The minimum atomic E-state index is 0.521. The van der Waals surface area contributed by atoms with Gasteiger partial charge in [0, 0.05) is 17.6 Å². The van der Waals surface area contributed by atoms with Crippen molar-refractivity contribution in [2.75, 3.05) is 0 Å². The van der Waals surface area contributed by atoms with Gasteiger partial charge in [0.2, 0.25) is 0 Å². The summed E-state index contributed by atoms with van der Waals surface area (Å²) in [6.45, 7) is 0.521. The largest absolute Gasteiger partial charge is 0.326 e. The zero-order valence-corrected chi connectivity index (χ0v) is 11.9. The molecule has 0 fully saturated rings. The summed E-state index contributed by atoms with van der Waals surface area (Å²) >= 11 is 0. The van der Waals surface area contributed by atoms with E-state index in [9.17, 15) is 0 Å². The van der Waals surface area contributed by atoms with Gasteiger partial charge in [-0.15, -0.1) is 0 Å². The van der Waals surface area contributed by atoms with Crippen LogP contribution in [0.4, 0.5) is 0 Å². The Morgan fingerprint density at radius 1 is 1.14 bits per heavy atom. The van der Waals surface area contributed by atoms with Crippen LogP contribution < -0.4 is 5.73 Å². The molecule has 0 saturated carbocycles. The van der Waals surface area contributed by atoms with Gasteiger partial charge in [-0.05, 0) is 43.4 Å². The Morgan fingerprint density at radius 3 is 2.90 bits per heavy atom. The topological polar surface area (TPSA) is 56.7 Å². The monoisotopic (exact) mass is 278 g/mol. The molecule has 0 radical (unpaired) electrons. The molecule has 0 spiro atoms. The molecule has 0 amide bonds. The predicted octanol–water partition coefficient (Wildman–Crippen LogP) is 2.76. The minimum Gasteiger partial charge on any atom is -0.326 e. The van der Waals surface area contributed by atoms with Crippen LogP contribution >= 0.6 is 0 Å². The van der Waals surface area contributed by atoms with E-state index in [2.05, 4.69) is 21.7 Å². The smallest absolute Gasteiger partial charge is 0.139 e. The van der Waals surface area contributed by atoms with E-state index >= 15 is 0 Å². The third-order valence-electron chi connectivity index (χ3n) is 4.29. The van der Waals surface area contributed by atoms with Gasteiger partial charge in [0.05, 0.1) is 11.2 Å². The molecule has 0 unspecified atom stereocenters. The number of pyridine rings is 1. The molecule has 0 atom stereocenters. The van der Waals surface area contributed by atoms with Crippen molar-refractivity contribution < 1.29 is 0 Å². The van der Waals surface area contributed by atoms with Crippen molar-refractivity contribution in [2.45, 2.75) is 32.2 Å². The van der Waals surface area contributed by atoms with Gasteiger partial charge >= 0.3 is 0 Å². The van der Waals surface area contributed by atoms with Gasteiger partial charge in [-0.1, -0.05) is 18.2 Å². The highest BCUT2D eigenvalue weighted by atomic mass is 15.1. The van der Waals surface area contributed by atoms with Gasteiger partial charge in [0.1, 0.15) is 12.1 Å². The van der Waals surface area contributed by atoms with E-state index in [1.54, 1.807) is 0 Å². The average molecular weight is 278 g/mol. The summed E-state index contributed by atoms with van der Waals surface area (Å²) in [4.78, 5) is 9.36. The van der Waals surface area contributed by atoms with Crippen LogP contribution in [-0.4, -0.2) is 14.5 Å². The Bertz CT molecular complexity index is 804. The number of aryl methyl sites for hydroxylation is 1. The highest BCUT2D eigenvalue weighted by Gasteiger charge is 2.17. The number of para-hydroxylation sites is 1. The normalized spacial score (nSPS) is 14.3. The third-order valence-corrected chi connectivity index (χ3v) is 4.29. The van der Waals surface area contributed by atoms with Crippen LogP contribution in [0.5, 0.6) is 0 Å². The molecule has 2 heterocycles. The fraction of sp³-hybridized carbons (Fsp3) is 0.294. The van der Waals surface area contributed by atoms with Gasteiger partial charge in [-0.25, -0.2) is 9.97 Å². The Balaban J connectivity index is 1.92. The standard InChI is InChI=1S/C17H18N4/c18-10-12-9-17(20-14-6-2-1-5-13(12)14)21-11-19-15-7-3-4-8-16(15)21/h1-2,5-6,9,11H,3-4,7-8,10,18H2. The van der Waals surface area contributed by atoms with Crippen LogP contribution in [0.25, 0.3) is 16.7 Å². The van der Waals surface area contributed by atoms with Crippen molar-refractivity contribution in [3.63, 3.8) is 0 Å². The lowest BCUT2D eigenvalue weighted by atomic mass is 10.0. The Kier molecular flexibility index (Phi) is 2.97. The lowest BCUT2D eigenvalue weighted by Crippen LogP contribution is -2.09. The molecule has 0 bridgehead atoms. The second-order valence-electron chi connectivity index (χ2n) is 5.58. The molecule has 1 aliphatic carbocycles. The van der Waals surface area contributed by atoms with Crippen molar-refractivity contribution in [1.82, 2.24) is 14.5 Å². The highest BCUT2D eigenvalue weighted by Crippen LogP contribution is 2.25. The number of nitrogens with two attached hydrogens (primary N) is 1. The number of benzene rings is 1. The van der Waals surface area contributed by atoms with E-state index in [0.29, 0.717) is 6.54 Å². The summed E-state index contributed by atoms with van der Waals surface area (Å²) in [5, 5.41) is 1.14. The van der Waals surface area contributed by atoms with Crippen LogP contribution in [0.3, 0.4) is 0 Å². The molecular weight excluding hydrogens is 260 g/mol. The fourth-order valence-electron chi connectivity index (χ4n) is 3.19. The Hall–Kier alpha value is -2.20. The first-order valence-electron chi connectivity index (χ1n) is 7.51. The Morgan fingerprint density at radius 2 is 2.00 bits per heavy atom. The quantitative estimate of drug-likeness (QED) is 0.784. The lowest BCUT2D eigenvalue weighted by molar-refractivity contribution is 0.654. The van der Waals surface area contributed by atoms with Crippen molar-refractivity contribution in [3.8, 4) is 5.82 Å². The maximum Gasteiger partial charge on any atom is 0.139 e. The lowest BCUT2D eigenvalue weighted by Gasteiger charge is -2.15. The van der Waals surface area contributed by atoms with E-state index in [1.807, 2.05) is 24.5 Å². The van der Waals surface area contributed by atoms with Crippen LogP contribution in [0.1, 0.15) is 29.8 Å². The van der Waals surface area contributed by atoms with Crippen LogP contribution in [0.15, 0.2) is 36.7 Å². The molecule has 21 heavy (non-hydrogen) atoms. The second kappa shape index (κ2) is 4.97. The van der Waals surface area contributed by atoms with Gasteiger partial charge < -0.3 is 5.73 Å². The van der Waals surface area contributed by atoms with Crippen molar-refractivity contribution >= 4 is 10.9 Å². The summed E-state index contributed by atoms with van der Waals surface area (Å²) in [7, 11) is 0. The molecular formula is C17H18N4. The molecule has 3 aromatic rings. The summed E-state index contributed by atoms with van der Waals surface area (Å²) in [5.74, 6) is 0.935. The number of hydrogen-bond acceptors (Lipinski definition) is 3. The summed E-state index contributed by atoms with van der Waals surface area (Å²) in [6, 6.07) is 10.3. The first-order chi connectivity index (χ1) is 10.4. The molecule has 2 aromatic heterocycles. The summed E-state index contributed by atoms with van der Waals surface area (Å²) in [5.41, 5.74) is 10.6. The van der Waals surface area contributed by atoms with Crippen molar-refractivity contribution in [3.05, 3.63) is 53.6 Å². The molecule has 2 N–H and O–H groups in total. The zero-order valence-electron chi connectivity index (χ0n) is 11.9. The maximum atomic E-state index is 5.92. The number of fused-ring (bicyclic) bond motifs is 2. The van der Waals surface area contributed by atoms with Crippen molar-refractivity contribution in [1.29, 1.82) is 0 Å². The fourth-order valence-corrected chi connectivity index (χ4v) is 3.19. The van der Waals surface area contributed by atoms with Crippen LogP contribution in [-0.2, 0) is 19.4 Å². The summed E-state index contributed by atoms with van der Waals surface area (Å²) < 4.78 is 2.14. The second-order valence-corrected chi connectivity index (χ2v) is 5.58. The van der Waals surface area contributed by atoms with E-state index < -0.39 is 0 Å². The van der Waals surface area contributed by atoms with Gasteiger partial charge in [0.25, 0.3) is 0 Å². The van der Waals surface area contributed by atoms with E-state index in [4.69, 9.17) is 10.7 Å². The molecule has 4 heteroatoms. The molecule has 1 aliphatic rings. The van der Waals surface area contributed by atoms with Crippen LogP contribution in [0, 0.1) is 0 Å².